The molecule has 56 valence electrons. The van der Waals surface area contributed by atoms with Crippen LogP contribution in [0.2, 0.25) is 0 Å². The van der Waals surface area contributed by atoms with Crippen LogP contribution in [0.4, 0.5) is 0 Å². The van der Waals surface area contributed by atoms with Crippen LogP contribution in [0.15, 0.2) is 0 Å². The Morgan fingerprint density at radius 3 is 0.833 bits per heavy atom. The molecule has 0 spiro atoms. The van der Waals surface area contributed by atoms with Crippen LogP contribution in [0, 0.1) is 0 Å². The van der Waals surface area contributed by atoms with Crippen LogP contribution in [-0.4, -0.2) is 98.1 Å². The number of rotatable bonds is 0. The predicted octanol–water partition coefficient (Wildman–Crippen LogP) is -3.28. The van der Waals surface area contributed by atoms with Crippen molar-refractivity contribution in [2.45, 2.75) is 0 Å². The van der Waals surface area contributed by atoms with Gasteiger partial charge >= 0.3 is 75.1 Å². The van der Waals surface area contributed by atoms with E-state index in [9.17, 15) is 0 Å². The van der Waals surface area contributed by atoms with Crippen LogP contribution in [-0.2, 0) is 21.4 Å². The molecule has 0 unspecified atom stereocenters. The molecule has 0 aliphatic rings. The van der Waals surface area contributed by atoms with Gasteiger partial charge in [-0.25, -0.2) is 0 Å². The van der Waals surface area contributed by atoms with Crippen LogP contribution >= 0.6 is 0 Å². The zero-order valence-corrected chi connectivity index (χ0v) is 11.4. The van der Waals surface area contributed by atoms with Crippen LogP contribution in [0.25, 0.3) is 0 Å². The summed E-state index contributed by atoms with van der Waals surface area (Å²) in [4.78, 5) is 0. The van der Waals surface area contributed by atoms with Gasteiger partial charge in [-0.15, -0.1) is 0 Å². The van der Waals surface area contributed by atoms with E-state index in [1.807, 2.05) is 0 Å². The largest absolute Gasteiger partial charge is 3.00 e. The van der Waals surface area contributed by atoms with E-state index >= 15 is 0 Å². The maximum absolute atomic E-state index is 8.52. The standard InChI is InChI=1S/3Al.Mg.H2O4S.H2O.2O/c;;;;1-5(2,3)4;;;/h;;;;(H2,1,2,3,4);1H2;;/q3*+3;+2;;;2*-2/p-3. The summed E-state index contributed by atoms with van der Waals surface area (Å²) in [5.41, 5.74) is 0. The zero-order valence-electron chi connectivity index (χ0n) is 5.74. The molecule has 0 saturated heterocycles. The van der Waals surface area contributed by atoms with Crippen molar-refractivity contribution in [3.05, 3.63) is 0 Å². The zero-order chi connectivity index (χ0) is 4.50. The number of hydrogen-bond donors (Lipinski definition) is 0. The first-order valence-electron chi connectivity index (χ1n) is 0.667. The third kappa shape index (κ3) is 335. The molecule has 1 N–H and O–H groups in total. The molecule has 0 fully saturated rings. The summed E-state index contributed by atoms with van der Waals surface area (Å²) < 4.78 is 34.1. The Morgan fingerprint density at radius 1 is 0.833 bits per heavy atom. The molecule has 7 nitrogen and oxygen atoms in total. The maximum atomic E-state index is 8.52. The Balaban J connectivity index is -0.00000000381. The third-order valence-electron chi connectivity index (χ3n) is 0. The first-order valence-corrected chi connectivity index (χ1v) is 2.00. The quantitative estimate of drug-likeness (QED) is 0.249. The van der Waals surface area contributed by atoms with E-state index < -0.39 is 10.4 Å². The van der Waals surface area contributed by atoms with Crippen molar-refractivity contribution in [2.75, 3.05) is 0 Å². The summed E-state index contributed by atoms with van der Waals surface area (Å²) in [5, 5.41) is 0. The normalized spacial score (nSPS) is 4.83. The second kappa shape index (κ2) is 29.2. The van der Waals surface area contributed by atoms with Gasteiger partial charge in [0, 0.05) is 10.4 Å². The molecule has 0 bridgehead atoms. The van der Waals surface area contributed by atoms with E-state index in [0.29, 0.717) is 0 Å². The molecular formula is HAl3MgO7S+4. The fourth-order valence-electron chi connectivity index (χ4n) is 0. The summed E-state index contributed by atoms with van der Waals surface area (Å²) in [5.74, 6) is 0. The van der Waals surface area contributed by atoms with E-state index in [2.05, 4.69) is 0 Å². The molecule has 12 heavy (non-hydrogen) atoms. The van der Waals surface area contributed by atoms with Gasteiger partial charge in [-0.05, 0) is 0 Å². The predicted molar refractivity (Wildman–Crippen MR) is 36.8 cm³/mol. The van der Waals surface area contributed by atoms with Gasteiger partial charge in [0.25, 0.3) is 0 Å². The average molecular weight is 250 g/mol. The van der Waals surface area contributed by atoms with Crippen molar-refractivity contribution >= 4 is 85.5 Å². The Kier molecular flexibility index (Phi) is 158. The molecule has 0 aromatic rings. The van der Waals surface area contributed by atoms with Gasteiger partial charge in [0.15, 0.2) is 0 Å². The topological polar surface area (TPSA) is 167 Å². The van der Waals surface area contributed by atoms with Gasteiger partial charge in [0.05, 0.1) is 0 Å². The first-order chi connectivity index (χ1) is 2.00. The molecule has 0 saturated carbocycles. The minimum atomic E-state index is -5.17. The fourth-order valence-corrected chi connectivity index (χ4v) is 0. The Morgan fingerprint density at radius 2 is 0.833 bits per heavy atom. The van der Waals surface area contributed by atoms with Crippen molar-refractivity contribution < 1.29 is 34.0 Å². The van der Waals surface area contributed by atoms with Crippen LogP contribution in [0.1, 0.15) is 0 Å². The molecule has 0 radical (unpaired) electrons. The maximum Gasteiger partial charge on any atom is 3.00 e. The molecule has 0 aliphatic heterocycles. The van der Waals surface area contributed by atoms with Crippen molar-refractivity contribution in [2.24, 2.45) is 0 Å². The second-order valence-electron chi connectivity index (χ2n) is 0.408. The van der Waals surface area contributed by atoms with Crippen molar-refractivity contribution in [3.63, 3.8) is 0 Å². The Labute approximate surface area is 118 Å². The summed E-state index contributed by atoms with van der Waals surface area (Å²) in [6.07, 6.45) is 0. The van der Waals surface area contributed by atoms with E-state index in [4.69, 9.17) is 17.5 Å². The smallest absolute Gasteiger partial charge is 2.00 e. The van der Waals surface area contributed by atoms with Gasteiger partial charge < -0.3 is 25.5 Å². The molecule has 0 heterocycles. The summed E-state index contributed by atoms with van der Waals surface area (Å²) >= 11 is 0. The van der Waals surface area contributed by atoms with E-state index in [1.165, 1.54) is 0 Å². The molecule has 0 amide bonds. The van der Waals surface area contributed by atoms with Gasteiger partial charge in [-0.1, -0.05) is 0 Å². The van der Waals surface area contributed by atoms with Gasteiger partial charge in [0.1, 0.15) is 0 Å². The van der Waals surface area contributed by atoms with Crippen LogP contribution < -0.4 is 0 Å². The molecule has 0 aliphatic carbocycles. The second-order valence-corrected chi connectivity index (χ2v) is 1.22. The summed E-state index contributed by atoms with van der Waals surface area (Å²) in [6.45, 7) is 0. The average Bonchev–Trinajstić information content (AvgIpc) is 0.722. The van der Waals surface area contributed by atoms with E-state index in [1.54, 1.807) is 0 Å². The summed E-state index contributed by atoms with van der Waals surface area (Å²) in [6, 6.07) is 0. The van der Waals surface area contributed by atoms with Gasteiger partial charge in [-0.3, -0.25) is 8.42 Å². The van der Waals surface area contributed by atoms with Gasteiger partial charge in [-0.2, -0.15) is 0 Å². The monoisotopic (exact) mass is 250 g/mol. The Hall–Kier alpha value is 2.11. The number of hydrogen-bond acceptors (Lipinski definition) is 5. The SMILES string of the molecule is O=S(=O)([O-])[O-].[Al+3].[Al+3].[Al+3].[Mg+2].[O-2].[O-2].[OH-]. The van der Waals surface area contributed by atoms with Crippen LogP contribution in [0.5, 0.6) is 0 Å². The van der Waals surface area contributed by atoms with Crippen molar-refractivity contribution in [1.29, 1.82) is 0 Å². The molecular weight excluding hydrogens is 249 g/mol. The molecule has 0 atom stereocenters. The molecule has 12 heteroatoms. The fraction of sp³-hybridized carbons (Fsp3) is 0. The third-order valence-corrected chi connectivity index (χ3v) is 0. The van der Waals surface area contributed by atoms with Crippen LogP contribution in [0.3, 0.4) is 0 Å². The van der Waals surface area contributed by atoms with E-state index in [-0.39, 0.29) is 91.6 Å². The Bertz CT molecular complexity index is 102. The van der Waals surface area contributed by atoms with E-state index in [0.717, 1.165) is 0 Å². The van der Waals surface area contributed by atoms with Gasteiger partial charge in [0.2, 0.25) is 0 Å². The summed E-state index contributed by atoms with van der Waals surface area (Å²) in [7, 11) is -5.17. The molecule has 0 aromatic heterocycles. The first kappa shape index (κ1) is 64.9. The van der Waals surface area contributed by atoms with Crippen molar-refractivity contribution in [1.82, 2.24) is 0 Å². The molecule has 0 rings (SSSR count). The van der Waals surface area contributed by atoms with Crippen molar-refractivity contribution in [3.8, 4) is 0 Å². The minimum Gasteiger partial charge on any atom is -2.00 e. The minimum absolute atomic E-state index is 0. The molecule has 0 aromatic carbocycles.